The third-order valence-corrected chi connectivity index (χ3v) is 5.26. The molecule has 4 atom stereocenters. The molecule has 14 heteroatoms. The largest absolute Gasteiger partial charge is 0.480 e. The van der Waals surface area contributed by atoms with Gasteiger partial charge < -0.3 is 42.2 Å². The SMILES string of the molecule is NC(=O)CCC(NC(=O)C(Cc1cnc[nH]1)NC(=O)C1CCCN1C(=O)C(N)CO)C(=O)O. The van der Waals surface area contributed by atoms with Crippen molar-refractivity contribution < 1.29 is 34.2 Å². The van der Waals surface area contributed by atoms with Crippen molar-refractivity contribution in [3.8, 4) is 0 Å². The summed E-state index contributed by atoms with van der Waals surface area (Å²) in [5, 5.41) is 23.4. The number of aliphatic hydroxyl groups is 1. The number of nitrogens with two attached hydrogens (primary N) is 2. The van der Waals surface area contributed by atoms with E-state index in [1.807, 2.05) is 0 Å². The zero-order valence-electron chi connectivity index (χ0n) is 17.9. The predicted molar refractivity (Wildman–Crippen MR) is 112 cm³/mol. The summed E-state index contributed by atoms with van der Waals surface area (Å²) in [7, 11) is 0. The van der Waals surface area contributed by atoms with Crippen molar-refractivity contribution in [3.63, 3.8) is 0 Å². The molecule has 2 heterocycles. The number of aromatic nitrogens is 2. The van der Waals surface area contributed by atoms with Crippen LogP contribution in [-0.4, -0.2) is 92.0 Å². The summed E-state index contributed by atoms with van der Waals surface area (Å²) in [5.74, 6) is -4.07. The molecule has 0 bridgehead atoms. The molecule has 33 heavy (non-hydrogen) atoms. The minimum atomic E-state index is -1.39. The summed E-state index contributed by atoms with van der Waals surface area (Å²) < 4.78 is 0. The van der Waals surface area contributed by atoms with Gasteiger partial charge in [0.05, 0.1) is 12.9 Å². The van der Waals surface area contributed by atoms with Gasteiger partial charge in [-0.15, -0.1) is 0 Å². The van der Waals surface area contributed by atoms with E-state index in [-0.39, 0.29) is 25.8 Å². The molecular formula is C19H29N7O7. The molecule has 4 amide bonds. The number of aliphatic carboxylic acids is 1. The van der Waals surface area contributed by atoms with Crippen molar-refractivity contribution in [2.75, 3.05) is 13.2 Å². The molecule has 14 nitrogen and oxygen atoms in total. The van der Waals surface area contributed by atoms with Gasteiger partial charge in [0.2, 0.25) is 23.6 Å². The number of amides is 4. The number of hydrogen-bond acceptors (Lipinski definition) is 8. The van der Waals surface area contributed by atoms with Gasteiger partial charge in [0, 0.05) is 31.3 Å². The van der Waals surface area contributed by atoms with Gasteiger partial charge in [-0.25, -0.2) is 9.78 Å². The molecule has 1 aromatic rings. The number of carboxylic acid groups (broad SMARTS) is 1. The van der Waals surface area contributed by atoms with Gasteiger partial charge in [0.25, 0.3) is 0 Å². The zero-order chi connectivity index (χ0) is 24.5. The van der Waals surface area contributed by atoms with Gasteiger partial charge >= 0.3 is 5.97 Å². The second-order valence-corrected chi connectivity index (χ2v) is 7.73. The Balaban J connectivity index is 2.15. The number of aromatic amines is 1. The molecular weight excluding hydrogens is 438 g/mol. The number of hydrogen-bond donors (Lipinski definition) is 7. The van der Waals surface area contributed by atoms with Crippen molar-refractivity contribution in [1.29, 1.82) is 0 Å². The Labute approximate surface area is 189 Å². The standard InChI is InChI=1S/C19H29N7O7/c20-11(8-27)18(31)26-5-1-2-14(26)17(30)25-13(6-10-7-22-9-23-10)16(29)24-12(19(32)33)3-4-15(21)28/h7,9,11-14,27H,1-6,8,20H2,(H2,21,28)(H,22,23)(H,24,29)(H,25,30)(H,32,33). The lowest BCUT2D eigenvalue weighted by molar-refractivity contribution is -0.143. The Kier molecular flexibility index (Phi) is 9.30. The average molecular weight is 467 g/mol. The van der Waals surface area contributed by atoms with E-state index in [1.54, 1.807) is 0 Å². The van der Waals surface area contributed by atoms with Crippen LogP contribution in [0.1, 0.15) is 31.4 Å². The molecule has 2 rings (SSSR count). The third kappa shape index (κ3) is 7.25. The number of imidazole rings is 1. The van der Waals surface area contributed by atoms with Crippen LogP contribution in [0.25, 0.3) is 0 Å². The number of primary amides is 1. The Morgan fingerprint density at radius 3 is 2.55 bits per heavy atom. The Bertz CT molecular complexity index is 861. The molecule has 4 unspecified atom stereocenters. The number of H-pyrrole nitrogens is 1. The highest BCUT2D eigenvalue weighted by Crippen LogP contribution is 2.19. The number of aliphatic hydroxyl groups excluding tert-OH is 1. The number of likely N-dealkylation sites (tertiary alicyclic amines) is 1. The lowest BCUT2D eigenvalue weighted by Crippen LogP contribution is -2.57. The highest BCUT2D eigenvalue weighted by atomic mass is 16.4. The summed E-state index contributed by atoms with van der Waals surface area (Å²) in [6.45, 7) is -0.299. The first-order valence-corrected chi connectivity index (χ1v) is 10.4. The lowest BCUT2D eigenvalue weighted by Gasteiger charge is -2.28. The molecule has 1 aromatic heterocycles. The predicted octanol–water partition coefficient (Wildman–Crippen LogP) is -3.42. The fraction of sp³-hybridized carbons (Fsp3) is 0.579. The van der Waals surface area contributed by atoms with Crippen molar-refractivity contribution in [2.45, 2.75) is 56.3 Å². The highest BCUT2D eigenvalue weighted by Gasteiger charge is 2.38. The van der Waals surface area contributed by atoms with E-state index in [0.29, 0.717) is 18.5 Å². The maximum atomic E-state index is 13.0. The molecule has 9 N–H and O–H groups in total. The lowest BCUT2D eigenvalue weighted by atomic mass is 10.1. The van der Waals surface area contributed by atoms with Crippen LogP contribution in [0.2, 0.25) is 0 Å². The Morgan fingerprint density at radius 2 is 1.97 bits per heavy atom. The van der Waals surface area contributed by atoms with Crippen LogP contribution in [0.15, 0.2) is 12.5 Å². The second kappa shape index (κ2) is 11.9. The quantitative estimate of drug-likeness (QED) is 0.162. The topological polar surface area (TPSA) is 234 Å². The van der Waals surface area contributed by atoms with Crippen molar-refractivity contribution >= 4 is 29.6 Å². The van der Waals surface area contributed by atoms with Gasteiger partial charge in [-0.2, -0.15) is 0 Å². The normalized spacial score (nSPS) is 18.2. The summed E-state index contributed by atoms with van der Waals surface area (Å²) in [4.78, 5) is 68.6. The van der Waals surface area contributed by atoms with E-state index in [0.717, 1.165) is 0 Å². The van der Waals surface area contributed by atoms with Gasteiger partial charge in [0.15, 0.2) is 0 Å². The van der Waals surface area contributed by atoms with E-state index in [1.165, 1.54) is 17.4 Å². The minimum Gasteiger partial charge on any atom is -0.480 e. The first-order valence-electron chi connectivity index (χ1n) is 10.4. The first kappa shape index (κ1) is 25.7. The van der Waals surface area contributed by atoms with Crippen LogP contribution in [0.3, 0.4) is 0 Å². The van der Waals surface area contributed by atoms with Crippen LogP contribution >= 0.6 is 0 Å². The summed E-state index contributed by atoms with van der Waals surface area (Å²) in [6.07, 6.45) is 3.20. The van der Waals surface area contributed by atoms with E-state index < -0.39 is 60.4 Å². The minimum absolute atomic E-state index is 0.0312. The van der Waals surface area contributed by atoms with Crippen molar-refractivity contribution in [3.05, 3.63) is 18.2 Å². The Hall–Kier alpha value is -3.52. The van der Waals surface area contributed by atoms with Gasteiger partial charge in [-0.05, 0) is 19.3 Å². The number of carbonyl (C=O) groups is 5. The summed E-state index contributed by atoms with van der Waals surface area (Å²) in [5.41, 5.74) is 11.2. The van der Waals surface area contributed by atoms with E-state index >= 15 is 0 Å². The fourth-order valence-electron chi connectivity index (χ4n) is 3.50. The maximum absolute atomic E-state index is 13.0. The van der Waals surface area contributed by atoms with E-state index in [9.17, 15) is 29.1 Å². The average Bonchev–Trinajstić information content (AvgIpc) is 3.46. The van der Waals surface area contributed by atoms with E-state index in [4.69, 9.17) is 16.6 Å². The van der Waals surface area contributed by atoms with Crippen LogP contribution < -0.4 is 22.1 Å². The molecule has 182 valence electrons. The number of carboxylic acids is 1. The first-order chi connectivity index (χ1) is 15.6. The van der Waals surface area contributed by atoms with Crippen LogP contribution in [0.4, 0.5) is 0 Å². The molecule has 0 aliphatic carbocycles. The number of rotatable bonds is 12. The molecule has 0 radical (unpaired) electrons. The number of nitrogens with one attached hydrogen (secondary N) is 3. The van der Waals surface area contributed by atoms with Gasteiger partial charge in [-0.1, -0.05) is 0 Å². The van der Waals surface area contributed by atoms with Crippen molar-refractivity contribution in [1.82, 2.24) is 25.5 Å². The second-order valence-electron chi connectivity index (χ2n) is 7.73. The molecule has 0 saturated carbocycles. The molecule has 1 aliphatic heterocycles. The van der Waals surface area contributed by atoms with Crippen LogP contribution in [-0.2, 0) is 30.4 Å². The number of carbonyl (C=O) groups excluding carboxylic acids is 4. The highest BCUT2D eigenvalue weighted by molar-refractivity contribution is 5.94. The molecule has 1 aliphatic rings. The smallest absolute Gasteiger partial charge is 0.326 e. The van der Waals surface area contributed by atoms with Crippen molar-refractivity contribution in [2.24, 2.45) is 11.5 Å². The van der Waals surface area contributed by atoms with Crippen LogP contribution in [0, 0.1) is 0 Å². The molecule has 0 spiro atoms. The number of nitrogens with zero attached hydrogens (tertiary/aromatic N) is 2. The summed E-state index contributed by atoms with van der Waals surface area (Å²) in [6, 6.07) is -4.64. The maximum Gasteiger partial charge on any atom is 0.326 e. The van der Waals surface area contributed by atoms with Crippen LogP contribution in [0.5, 0.6) is 0 Å². The van der Waals surface area contributed by atoms with Gasteiger partial charge in [-0.3, -0.25) is 19.2 Å². The van der Waals surface area contributed by atoms with Gasteiger partial charge in [0.1, 0.15) is 24.2 Å². The zero-order valence-corrected chi connectivity index (χ0v) is 17.9. The van der Waals surface area contributed by atoms with E-state index in [2.05, 4.69) is 20.6 Å². The molecule has 1 fully saturated rings. The fourth-order valence-corrected chi connectivity index (χ4v) is 3.50. The summed E-state index contributed by atoms with van der Waals surface area (Å²) >= 11 is 0. The monoisotopic (exact) mass is 467 g/mol. The third-order valence-electron chi connectivity index (χ3n) is 5.26. The Morgan fingerprint density at radius 1 is 1.24 bits per heavy atom. The molecule has 0 aromatic carbocycles. The molecule has 1 saturated heterocycles.